The Morgan fingerprint density at radius 3 is 2.59 bits per heavy atom. The number of nitro groups is 1. The minimum absolute atomic E-state index is 0.0538. The van der Waals surface area contributed by atoms with Gasteiger partial charge in [0.05, 0.1) is 10.6 Å². The van der Waals surface area contributed by atoms with E-state index in [0.717, 1.165) is 0 Å². The molecule has 0 atom stereocenters. The van der Waals surface area contributed by atoms with E-state index in [1.165, 1.54) is 36.5 Å². The second-order valence-electron chi connectivity index (χ2n) is 7.91. The van der Waals surface area contributed by atoms with Crippen molar-refractivity contribution in [3.05, 3.63) is 63.8 Å². The van der Waals surface area contributed by atoms with E-state index in [1.807, 2.05) is 4.90 Å². The van der Waals surface area contributed by atoms with Crippen LogP contribution in [0.15, 0.2) is 47.8 Å². The first kappa shape index (κ1) is 23.3. The van der Waals surface area contributed by atoms with Crippen molar-refractivity contribution in [1.29, 1.82) is 0 Å². The number of benzene rings is 2. The van der Waals surface area contributed by atoms with Gasteiger partial charge in [-0.25, -0.2) is 9.37 Å². The number of rotatable bonds is 6. The van der Waals surface area contributed by atoms with Crippen molar-refractivity contribution in [2.45, 2.75) is 19.8 Å². The average Bonchev–Trinajstić information content (AvgIpc) is 3.27. The summed E-state index contributed by atoms with van der Waals surface area (Å²) in [4.78, 5) is 41.1. The van der Waals surface area contributed by atoms with Gasteiger partial charge in [-0.15, -0.1) is 11.3 Å². The first-order valence-electron chi connectivity index (χ1n) is 10.6. The van der Waals surface area contributed by atoms with Crippen LogP contribution in [-0.2, 0) is 9.59 Å². The van der Waals surface area contributed by atoms with Crippen LogP contribution in [0.2, 0.25) is 0 Å². The third kappa shape index (κ3) is 5.20. The Kier molecular flexibility index (Phi) is 6.82. The van der Waals surface area contributed by atoms with Crippen molar-refractivity contribution < 1.29 is 18.9 Å². The van der Waals surface area contributed by atoms with Crippen LogP contribution < -0.4 is 15.5 Å². The number of hydrogen-bond donors (Lipinski definition) is 2. The van der Waals surface area contributed by atoms with Crippen LogP contribution in [0.3, 0.4) is 0 Å². The maximum atomic E-state index is 14.5. The van der Waals surface area contributed by atoms with Gasteiger partial charge in [0.2, 0.25) is 11.8 Å². The first-order chi connectivity index (χ1) is 16.3. The summed E-state index contributed by atoms with van der Waals surface area (Å²) < 4.78 is 14.5. The van der Waals surface area contributed by atoms with Gasteiger partial charge in [0.1, 0.15) is 11.5 Å². The molecule has 2 amide bonds. The van der Waals surface area contributed by atoms with E-state index >= 15 is 0 Å². The molecular weight excluding hydrogens is 461 g/mol. The molecule has 0 aliphatic carbocycles. The Labute approximate surface area is 198 Å². The van der Waals surface area contributed by atoms with Crippen LogP contribution in [0.1, 0.15) is 19.8 Å². The highest BCUT2D eigenvalue weighted by Crippen LogP contribution is 2.32. The lowest BCUT2D eigenvalue weighted by atomic mass is 9.95. The van der Waals surface area contributed by atoms with Crippen molar-refractivity contribution in [3.63, 3.8) is 0 Å². The number of amides is 2. The van der Waals surface area contributed by atoms with Gasteiger partial charge in [-0.3, -0.25) is 19.7 Å². The molecule has 0 spiro atoms. The van der Waals surface area contributed by atoms with Crippen LogP contribution in [0.4, 0.5) is 26.6 Å². The Hall–Kier alpha value is -3.86. The number of anilines is 3. The summed E-state index contributed by atoms with van der Waals surface area (Å²) in [7, 11) is 0. The van der Waals surface area contributed by atoms with Gasteiger partial charge in [-0.1, -0.05) is 12.1 Å². The number of aromatic nitrogens is 1. The average molecular weight is 484 g/mol. The van der Waals surface area contributed by atoms with Crippen LogP contribution >= 0.6 is 11.3 Å². The lowest BCUT2D eigenvalue weighted by Gasteiger charge is -2.32. The number of carbonyl (C=O) groups is 2. The molecule has 4 rings (SSSR count). The SMILES string of the molecule is CC(=O)Nc1ccc(-c2csc(NC(=O)C3CCN(c4ccccc4[N+](=O)[O-])CC3)n2)c(F)c1. The molecule has 2 heterocycles. The summed E-state index contributed by atoms with van der Waals surface area (Å²) in [6.45, 7) is 2.40. The number of nitro benzene ring substituents is 1. The van der Waals surface area contributed by atoms with Crippen LogP contribution in [0.25, 0.3) is 11.3 Å². The van der Waals surface area contributed by atoms with E-state index in [2.05, 4.69) is 15.6 Å². The monoisotopic (exact) mass is 483 g/mol. The number of nitrogens with one attached hydrogen (secondary N) is 2. The number of halogens is 1. The summed E-state index contributed by atoms with van der Waals surface area (Å²) in [5, 5.41) is 18.6. The maximum Gasteiger partial charge on any atom is 0.292 e. The minimum Gasteiger partial charge on any atom is -0.366 e. The Morgan fingerprint density at radius 1 is 1.18 bits per heavy atom. The quantitative estimate of drug-likeness (QED) is 0.389. The zero-order valence-electron chi connectivity index (χ0n) is 18.3. The molecule has 1 aromatic heterocycles. The lowest BCUT2D eigenvalue weighted by Crippen LogP contribution is -2.38. The number of para-hydroxylation sites is 2. The molecule has 2 N–H and O–H groups in total. The molecule has 34 heavy (non-hydrogen) atoms. The molecule has 0 saturated carbocycles. The highest BCUT2D eigenvalue weighted by atomic mass is 32.1. The number of thiazole rings is 1. The molecule has 9 nitrogen and oxygen atoms in total. The zero-order chi connectivity index (χ0) is 24.2. The smallest absolute Gasteiger partial charge is 0.292 e. The molecule has 0 unspecified atom stereocenters. The molecule has 1 fully saturated rings. The Morgan fingerprint density at radius 2 is 1.91 bits per heavy atom. The molecule has 3 aromatic rings. The number of carbonyl (C=O) groups excluding carboxylic acids is 2. The molecule has 176 valence electrons. The summed E-state index contributed by atoms with van der Waals surface area (Å²) in [6, 6.07) is 10.9. The molecule has 2 aromatic carbocycles. The number of nitrogens with zero attached hydrogens (tertiary/aromatic N) is 3. The van der Waals surface area contributed by atoms with Crippen molar-refractivity contribution in [1.82, 2.24) is 4.98 Å². The van der Waals surface area contributed by atoms with Crippen LogP contribution in [-0.4, -0.2) is 34.8 Å². The fourth-order valence-corrected chi connectivity index (χ4v) is 4.65. The summed E-state index contributed by atoms with van der Waals surface area (Å²) in [6.07, 6.45) is 1.10. The maximum absolute atomic E-state index is 14.5. The van der Waals surface area contributed by atoms with Crippen molar-refractivity contribution in [3.8, 4) is 11.3 Å². The summed E-state index contributed by atoms with van der Waals surface area (Å²) >= 11 is 1.20. The van der Waals surface area contributed by atoms with Crippen molar-refractivity contribution >= 4 is 45.3 Å². The van der Waals surface area contributed by atoms with Crippen molar-refractivity contribution in [2.75, 3.05) is 28.6 Å². The van der Waals surface area contributed by atoms with Gasteiger partial charge in [-0.2, -0.15) is 0 Å². The number of piperidine rings is 1. The normalized spacial score (nSPS) is 14.0. The third-order valence-electron chi connectivity index (χ3n) is 5.58. The predicted octanol–water partition coefficient (Wildman–Crippen LogP) is 4.67. The van der Waals surface area contributed by atoms with Crippen molar-refractivity contribution in [2.24, 2.45) is 5.92 Å². The second-order valence-corrected chi connectivity index (χ2v) is 8.77. The fraction of sp³-hybridized carbons (Fsp3) is 0.261. The molecule has 0 radical (unpaired) electrons. The highest BCUT2D eigenvalue weighted by molar-refractivity contribution is 7.14. The lowest BCUT2D eigenvalue weighted by molar-refractivity contribution is -0.384. The molecule has 1 aliphatic heterocycles. The molecule has 11 heteroatoms. The van der Waals surface area contributed by atoms with E-state index in [-0.39, 0.29) is 29.0 Å². The van der Waals surface area contributed by atoms with E-state index in [4.69, 9.17) is 0 Å². The predicted molar refractivity (Wildman–Crippen MR) is 128 cm³/mol. The molecule has 1 saturated heterocycles. The molecule has 0 bridgehead atoms. The highest BCUT2D eigenvalue weighted by Gasteiger charge is 2.28. The minimum atomic E-state index is -0.531. The molecule has 1 aliphatic rings. The van der Waals surface area contributed by atoms with E-state index in [9.17, 15) is 24.1 Å². The van der Waals surface area contributed by atoms with Crippen LogP contribution in [0, 0.1) is 21.8 Å². The largest absolute Gasteiger partial charge is 0.366 e. The first-order valence-corrected chi connectivity index (χ1v) is 11.5. The zero-order valence-corrected chi connectivity index (χ0v) is 19.1. The second kappa shape index (κ2) is 9.96. The van der Waals surface area contributed by atoms with E-state index in [1.54, 1.807) is 29.6 Å². The Bertz CT molecular complexity index is 1240. The number of hydrogen-bond acceptors (Lipinski definition) is 7. The van der Waals surface area contributed by atoms with E-state index < -0.39 is 10.7 Å². The molecular formula is C23H22FN5O4S. The van der Waals surface area contributed by atoms with Gasteiger partial charge in [-0.05, 0) is 37.1 Å². The fourth-order valence-electron chi connectivity index (χ4n) is 3.93. The topological polar surface area (TPSA) is 117 Å². The summed E-state index contributed by atoms with van der Waals surface area (Å²) in [5.41, 5.74) is 1.62. The Balaban J connectivity index is 1.37. The van der Waals surface area contributed by atoms with Crippen LogP contribution in [0.5, 0.6) is 0 Å². The van der Waals surface area contributed by atoms with Gasteiger partial charge < -0.3 is 15.5 Å². The van der Waals surface area contributed by atoms with Gasteiger partial charge in [0.25, 0.3) is 5.69 Å². The third-order valence-corrected chi connectivity index (χ3v) is 6.34. The van der Waals surface area contributed by atoms with Gasteiger partial charge >= 0.3 is 0 Å². The standard InChI is InChI=1S/C23H22FN5O4S/c1-14(30)25-16-6-7-17(18(24)12-16)19-13-34-23(26-19)27-22(31)15-8-10-28(11-9-15)20-4-2-3-5-21(20)29(32)33/h2-7,12-13,15H,8-11H2,1H3,(H,25,30)(H,26,27,31). The van der Waals surface area contributed by atoms with Gasteiger partial charge in [0.15, 0.2) is 5.13 Å². The van der Waals surface area contributed by atoms with Gasteiger partial charge in [0, 0.05) is 48.6 Å². The summed E-state index contributed by atoms with van der Waals surface area (Å²) in [5.74, 6) is -1.25. The van der Waals surface area contributed by atoms with E-state index in [0.29, 0.717) is 48.1 Å².